The summed E-state index contributed by atoms with van der Waals surface area (Å²) in [5.74, 6) is 1.39. The summed E-state index contributed by atoms with van der Waals surface area (Å²) in [5.41, 5.74) is 7.79. The van der Waals surface area contributed by atoms with Crippen LogP contribution >= 0.6 is 43.5 Å². The lowest BCUT2D eigenvalue weighted by Gasteiger charge is -2.08. The van der Waals surface area contributed by atoms with Gasteiger partial charge in [-0.2, -0.15) is 0 Å². The zero-order valence-electron chi connectivity index (χ0n) is 24.9. The van der Waals surface area contributed by atoms with E-state index in [0.717, 1.165) is 61.9 Å². The van der Waals surface area contributed by atoms with Gasteiger partial charge in [0.15, 0.2) is 11.6 Å². The molecule has 4 aliphatic heterocycles. The molecule has 230 valence electrons. The first kappa shape index (κ1) is 30.9. The van der Waals surface area contributed by atoms with E-state index >= 15 is 0 Å². The Bertz CT molecular complexity index is 2160. The first-order chi connectivity index (χ1) is 22.9. The molecule has 4 aliphatic rings. The van der Waals surface area contributed by atoms with E-state index in [1.54, 1.807) is 6.20 Å². The summed E-state index contributed by atoms with van der Waals surface area (Å²) in [4.78, 5) is 22.7. The zero-order valence-corrected chi connectivity index (χ0v) is 28.8. The molecule has 0 saturated carbocycles. The van der Waals surface area contributed by atoms with Gasteiger partial charge in [0.1, 0.15) is 17.1 Å². The molecule has 5 heterocycles. The van der Waals surface area contributed by atoms with Crippen molar-refractivity contribution in [3.63, 3.8) is 0 Å². The predicted octanol–water partition coefficient (Wildman–Crippen LogP) is 9.77. The Morgan fingerprint density at radius 1 is 0.511 bits per heavy atom. The maximum absolute atomic E-state index is 5.94. The number of fused-ring (bicyclic) bond motifs is 2. The molecule has 0 spiro atoms. The summed E-state index contributed by atoms with van der Waals surface area (Å²) in [6, 6.07) is 34.0. The molecule has 3 aromatic carbocycles. The first-order valence-electron chi connectivity index (χ1n) is 14.8. The number of imidazole rings is 2. The molecule has 47 heavy (non-hydrogen) atoms. The van der Waals surface area contributed by atoms with Crippen LogP contribution in [0.2, 0.25) is 5.02 Å². The minimum absolute atomic E-state index is 0.669. The first-order valence-corrected chi connectivity index (χ1v) is 16.7. The van der Waals surface area contributed by atoms with Gasteiger partial charge in [-0.05, 0) is 83.9 Å². The lowest BCUT2D eigenvalue weighted by atomic mass is 10.2. The summed E-state index contributed by atoms with van der Waals surface area (Å²) in [5, 5.41) is 0.710. The van der Waals surface area contributed by atoms with Gasteiger partial charge in [0, 0.05) is 63.6 Å². The molecule has 0 fully saturated rings. The summed E-state index contributed by atoms with van der Waals surface area (Å²) in [6.07, 6.45) is 9.87. The van der Waals surface area contributed by atoms with Crippen molar-refractivity contribution in [1.82, 2.24) is 34.1 Å². The molecule has 7 nitrogen and oxygen atoms in total. The number of rotatable bonds is 6. The Morgan fingerprint density at radius 3 is 1.55 bits per heavy atom. The predicted molar refractivity (Wildman–Crippen MR) is 193 cm³/mol. The standard InChI is InChI=1S/C19H13BrClN3.C18H13BrN4/c20-15-5-1-13(2-6-15)11-24-10-9-17-18(12-24)23-19(22-17)14-3-7-16(21)8-4-14;19-14-6-4-13(5-7-14)11-23-10-8-15-17(12-23)22-18(21-15)16-3-1-2-9-20-16/h1-10,12H,11H2;1-10,12H,11H2. The topological polar surface area (TPSA) is 74.3 Å². The normalized spacial score (nSPS) is 11.0. The van der Waals surface area contributed by atoms with Crippen molar-refractivity contribution in [3.05, 3.63) is 159 Å². The number of halogens is 3. The van der Waals surface area contributed by atoms with Crippen molar-refractivity contribution in [2.24, 2.45) is 0 Å². The molecule has 4 aromatic rings. The largest absolute Gasteiger partial charge is 0.348 e. The smallest absolute Gasteiger partial charge is 0.179 e. The molecule has 0 unspecified atom stereocenters. The van der Waals surface area contributed by atoms with E-state index in [2.05, 4.69) is 114 Å². The summed E-state index contributed by atoms with van der Waals surface area (Å²) >= 11 is 12.9. The van der Waals surface area contributed by atoms with Crippen LogP contribution in [0.4, 0.5) is 0 Å². The van der Waals surface area contributed by atoms with Gasteiger partial charge in [-0.1, -0.05) is 73.8 Å². The Labute approximate surface area is 293 Å². The molecule has 1 aromatic heterocycles. The maximum Gasteiger partial charge on any atom is 0.179 e. The van der Waals surface area contributed by atoms with Crippen LogP contribution in [0.5, 0.6) is 0 Å². The molecule has 0 bridgehead atoms. The molecule has 0 radical (unpaired) electrons. The molecule has 0 aliphatic carbocycles. The van der Waals surface area contributed by atoms with Gasteiger partial charge in [-0.3, -0.25) is 4.98 Å². The number of hydrogen-bond donors (Lipinski definition) is 0. The Morgan fingerprint density at radius 2 is 1.02 bits per heavy atom. The van der Waals surface area contributed by atoms with Crippen molar-refractivity contribution >= 4 is 43.5 Å². The van der Waals surface area contributed by atoms with Gasteiger partial charge in [0.05, 0.1) is 11.4 Å². The average molecular weight is 764 g/mol. The Balaban J connectivity index is 0.000000150. The highest BCUT2D eigenvalue weighted by atomic mass is 79.9. The number of aromatic nitrogens is 7. The minimum Gasteiger partial charge on any atom is -0.348 e. The van der Waals surface area contributed by atoms with E-state index in [9.17, 15) is 0 Å². The van der Waals surface area contributed by atoms with E-state index in [4.69, 9.17) is 11.6 Å². The monoisotopic (exact) mass is 761 g/mol. The van der Waals surface area contributed by atoms with Gasteiger partial charge in [0.2, 0.25) is 0 Å². The van der Waals surface area contributed by atoms with E-state index < -0.39 is 0 Å². The number of nitrogens with zero attached hydrogens (tertiary/aromatic N) is 7. The number of hydrogen-bond acceptors (Lipinski definition) is 5. The van der Waals surface area contributed by atoms with E-state index in [1.165, 1.54) is 11.1 Å². The summed E-state index contributed by atoms with van der Waals surface area (Å²) in [7, 11) is 0. The van der Waals surface area contributed by atoms with Crippen molar-refractivity contribution in [3.8, 4) is 45.7 Å². The lowest BCUT2D eigenvalue weighted by Crippen LogP contribution is -2.00. The zero-order chi connectivity index (χ0) is 32.2. The maximum atomic E-state index is 5.94. The minimum atomic E-state index is 0.669. The van der Waals surface area contributed by atoms with E-state index in [1.807, 2.05) is 79.4 Å². The average Bonchev–Trinajstić information content (AvgIpc) is 3.72. The highest BCUT2D eigenvalue weighted by Gasteiger charge is 2.14. The third kappa shape index (κ3) is 7.65. The Kier molecular flexibility index (Phi) is 9.19. The second kappa shape index (κ2) is 14.0. The van der Waals surface area contributed by atoms with E-state index in [0.29, 0.717) is 10.8 Å². The van der Waals surface area contributed by atoms with Gasteiger partial charge in [-0.25, -0.2) is 19.9 Å². The van der Waals surface area contributed by atoms with E-state index in [-0.39, 0.29) is 0 Å². The van der Waals surface area contributed by atoms with Gasteiger partial charge >= 0.3 is 0 Å². The van der Waals surface area contributed by atoms with Crippen molar-refractivity contribution in [1.29, 1.82) is 0 Å². The second-order valence-corrected chi connectivity index (χ2v) is 13.1. The third-order valence-electron chi connectivity index (χ3n) is 7.41. The molecular formula is C37H26Br2ClN7. The molecule has 0 atom stereocenters. The molecule has 0 N–H and O–H groups in total. The fraction of sp³-hybridized carbons (Fsp3) is 0.0541. The summed E-state index contributed by atoms with van der Waals surface area (Å²) < 4.78 is 6.40. The lowest BCUT2D eigenvalue weighted by molar-refractivity contribution is 0.789. The summed E-state index contributed by atoms with van der Waals surface area (Å²) in [6.45, 7) is 1.60. The van der Waals surface area contributed by atoms with Crippen molar-refractivity contribution in [2.75, 3.05) is 0 Å². The highest BCUT2D eigenvalue weighted by Crippen LogP contribution is 2.26. The van der Waals surface area contributed by atoms with Crippen LogP contribution in [0.3, 0.4) is 0 Å². The molecule has 10 heteroatoms. The molecule has 8 rings (SSSR count). The SMILES string of the molecule is Brc1ccc(Cn2ccc3nc(-c4ccccn4)nc-3c2)cc1.Clc1ccc(-c2nc3ccn(Cc4ccc(Br)cc4)cc-3n2)cc1. The van der Waals surface area contributed by atoms with Gasteiger partial charge < -0.3 is 9.13 Å². The van der Waals surface area contributed by atoms with Crippen molar-refractivity contribution in [2.45, 2.75) is 13.1 Å². The quantitative estimate of drug-likeness (QED) is 0.169. The van der Waals surface area contributed by atoms with Crippen LogP contribution in [-0.4, -0.2) is 34.1 Å². The van der Waals surface area contributed by atoms with Crippen LogP contribution in [0.15, 0.2) is 143 Å². The van der Waals surface area contributed by atoms with Crippen LogP contribution in [-0.2, 0) is 13.1 Å². The van der Waals surface area contributed by atoms with Gasteiger partial charge in [0.25, 0.3) is 0 Å². The highest BCUT2D eigenvalue weighted by molar-refractivity contribution is 9.10. The molecule has 0 saturated heterocycles. The van der Waals surface area contributed by atoms with Crippen molar-refractivity contribution < 1.29 is 0 Å². The van der Waals surface area contributed by atoms with Crippen LogP contribution in [0.25, 0.3) is 45.7 Å². The second-order valence-electron chi connectivity index (χ2n) is 10.8. The molecular weight excluding hydrogens is 738 g/mol. The number of pyridine rings is 3. The Hall–Kier alpha value is -4.70. The van der Waals surface area contributed by atoms with Crippen LogP contribution < -0.4 is 0 Å². The van der Waals surface area contributed by atoms with Crippen LogP contribution in [0, 0.1) is 0 Å². The fourth-order valence-electron chi connectivity index (χ4n) is 5.04. The molecule has 0 amide bonds. The third-order valence-corrected chi connectivity index (χ3v) is 8.72. The fourth-order valence-corrected chi connectivity index (χ4v) is 5.69. The van der Waals surface area contributed by atoms with Crippen LogP contribution in [0.1, 0.15) is 11.1 Å². The van der Waals surface area contributed by atoms with Gasteiger partial charge in [-0.15, -0.1) is 0 Å². The number of benzene rings is 3.